The topological polar surface area (TPSA) is 8.81 Å². The van der Waals surface area contributed by atoms with Crippen LogP contribution in [0.25, 0.3) is 0 Å². The molecule has 1 aromatic heterocycles. The van der Waals surface area contributed by atoms with E-state index in [1.54, 1.807) is 0 Å². The predicted molar refractivity (Wildman–Crippen MR) is 141 cm³/mol. The van der Waals surface area contributed by atoms with Crippen LogP contribution in [-0.4, -0.2) is 4.57 Å². The standard InChI is InChI=1S/C31H45N2/c1-4-6-7-8-9-10-11-18-23-30(33-25-24-32(5-2)27-33)31(3,29-21-16-13-17-22-29)26-28-19-14-12-15-20-28/h12-17,19-22,24-25,27,30H,4-11,18,23,26H2,1-3H3/q+1. The van der Waals surface area contributed by atoms with Gasteiger partial charge in [0.05, 0.1) is 6.54 Å². The Hall–Kier alpha value is -2.35. The van der Waals surface area contributed by atoms with Gasteiger partial charge in [0, 0.05) is 5.41 Å². The average molecular weight is 446 g/mol. The molecule has 2 atom stereocenters. The van der Waals surface area contributed by atoms with Gasteiger partial charge in [-0.2, -0.15) is 0 Å². The third-order valence-electron chi connectivity index (χ3n) is 7.35. The lowest BCUT2D eigenvalue weighted by atomic mass is 9.70. The quantitative estimate of drug-likeness (QED) is 0.165. The second kappa shape index (κ2) is 13.4. The van der Waals surface area contributed by atoms with Gasteiger partial charge in [0.2, 0.25) is 6.33 Å². The first-order valence-electron chi connectivity index (χ1n) is 13.3. The number of aromatic nitrogens is 2. The van der Waals surface area contributed by atoms with E-state index in [0.717, 1.165) is 13.0 Å². The van der Waals surface area contributed by atoms with Crippen LogP contribution in [0.1, 0.15) is 95.7 Å². The lowest BCUT2D eigenvalue weighted by molar-refractivity contribution is -0.693. The van der Waals surface area contributed by atoms with E-state index in [4.69, 9.17) is 0 Å². The fourth-order valence-corrected chi connectivity index (χ4v) is 5.30. The molecule has 0 aliphatic carbocycles. The van der Waals surface area contributed by atoms with Crippen molar-refractivity contribution in [1.82, 2.24) is 4.57 Å². The molecule has 178 valence electrons. The third kappa shape index (κ3) is 7.32. The Kier molecular flexibility index (Phi) is 10.2. The molecule has 3 aromatic rings. The van der Waals surface area contributed by atoms with Crippen molar-refractivity contribution in [2.24, 2.45) is 0 Å². The van der Waals surface area contributed by atoms with E-state index in [9.17, 15) is 0 Å². The number of nitrogens with zero attached hydrogens (tertiary/aromatic N) is 2. The molecular weight excluding hydrogens is 400 g/mol. The summed E-state index contributed by atoms with van der Waals surface area (Å²) >= 11 is 0. The minimum Gasteiger partial charge on any atom is -0.237 e. The number of hydrogen-bond donors (Lipinski definition) is 0. The van der Waals surface area contributed by atoms with E-state index in [-0.39, 0.29) is 5.41 Å². The van der Waals surface area contributed by atoms with Gasteiger partial charge in [-0.15, -0.1) is 0 Å². The Morgan fingerprint density at radius 1 is 0.788 bits per heavy atom. The highest BCUT2D eigenvalue weighted by molar-refractivity contribution is 5.30. The van der Waals surface area contributed by atoms with Crippen LogP contribution in [0.4, 0.5) is 0 Å². The Bertz CT molecular complexity index is 899. The second-order valence-electron chi connectivity index (χ2n) is 9.92. The van der Waals surface area contributed by atoms with Gasteiger partial charge in [-0.3, -0.25) is 0 Å². The Morgan fingerprint density at radius 2 is 1.39 bits per heavy atom. The zero-order chi connectivity index (χ0) is 23.4. The summed E-state index contributed by atoms with van der Waals surface area (Å²) in [5.74, 6) is 0. The monoisotopic (exact) mass is 445 g/mol. The highest BCUT2D eigenvalue weighted by Gasteiger charge is 2.40. The van der Waals surface area contributed by atoms with Crippen LogP contribution < -0.4 is 4.57 Å². The van der Waals surface area contributed by atoms with Crippen molar-refractivity contribution in [3.8, 4) is 0 Å². The molecule has 0 spiro atoms. The summed E-state index contributed by atoms with van der Waals surface area (Å²) in [6.07, 6.45) is 20.0. The van der Waals surface area contributed by atoms with E-state index in [0.29, 0.717) is 6.04 Å². The SMILES string of the molecule is CCCCCCCCCCC(n1cc[n+](CC)c1)C(C)(Cc1ccccc1)c1ccccc1. The number of benzene rings is 2. The van der Waals surface area contributed by atoms with Crippen LogP contribution in [-0.2, 0) is 18.4 Å². The van der Waals surface area contributed by atoms with E-state index in [1.165, 1.54) is 68.9 Å². The molecule has 0 aliphatic rings. The molecule has 2 unspecified atom stereocenters. The highest BCUT2D eigenvalue weighted by Crippen LogP contribution is 2.41. The zero-order valence-electron chi connectivity index (χ0n) is 21.3. The van der Waals surface area contributed by atoms with E-state index in [1.807, 2.05) is 0 Å². The molecular formula is C31H45N2+. The summed E-state index contributed by atoms with van der Waals surface area (Å²) in [6.45, 7) is 8.01. The summed E-state index contributed by atoms with van der Waals surface area (Å²) in [4.78, 5) is 0. The Labute approximate surface area is 202 Å². The van der Waals surface area contributed by atoms with Crippen LogP contribution in [0, 0.1) is 0 Å². The lowest BCUT2D eigenvalue weighted by Crippen LogP contribution is -2.37. The van der Waals surface area contributed by atoms with Crippen molar-refractivity contribution >= 4 is 0 Å². The molecule has 3 rings (SSSR count). The Morgan fingerprint density at radius 3 is 2.00 bits per heavy atom. The molecule has 0 N–H and O–H groups in total. The fourth-order valence-electron chi connectivity index (χ4n) is 5.30. The van der Waals surface area contributed by atoms with E-state index >= 15 is 0 Å². The summed E-state index contributed by atoms with van der Waals surface area (Å²) in [5, 5.41) is 0. The lowest BCUT2D eigenvalue weighted by Gasteiger charge is -2.37. The molecule has 1 heterocycles. The van der Waals surface area contributed by atoms with Gasteiger partial charge in [0.1, 0.15) is 18.4 Å². The fraction of sp³-hybridized carbons (Fsp3) is 0.516. The molecule has 0 saturated carbocycles. The molecule has 2 aromatic carbocycles. The number of rotatable bonds is 15. The summed E-state index contributed by atoms with van der Waals surface area (Å²) < 4.78 is 4.80. The molecule has 2 heteroatoms. The molecule has 0 fully saturated rings. The minimum atomic E-state index is 0.0222. The van der Waals surface area contributed by atoms with Gasteiger partial charge < -0.3 is 0 Å². The second-order valence-corrected chi connectivity index (χ2v) is 9.92. The first-order valence-corrected chi connectivity index (χ1v) is 13.3. The largest absolute Gasteiger partial charge is 0.243 e. The van der Waals surface area contributed by atoms with Gasteiger partial charge >= 0.3 is 0 Å². The normalized spacial score (nSPS) is 14.2. The van der Waals surface area contributed by atoms with Gasteiger partial charge in [-0.25, -0.2) is 9.13 Å². The predicted octanol–water partition coefficient (Wildman–Crippen LogP) is 8.07. The minimum absolute atomic E-state index is 0.0222. The van der Waals surface area contributed by atoms with Gasteiger partial charge in [-0.1, -0.05) is 119 Å². The first kappa shape index (κ1) is 25.3. The Balaban J connectivity index is 1.81. The van der Waals surface area contributed by atoms with Crippen molar-refractivity contribution in [1.29, 1.82) is 0 Å². The molecule has 0 amide bonds. The van der Waals surface area contributed by atoms with Crippen molar-refractivity contribution in [2.75, 3.05) is 0 Å². The molecule has 0 saturated heterocycles. The molecule has 0 radical (unpaired) electrons. The third-order valence-corrected chi connectivity index (χ3v) is 7.35. The van der Waals surface area contributed by atoms with Crippen molar-refractivity contribution in [3.05, 3.63) is 90.5 Å². The average Bonchev–Trinajstić information content (AvgIpc) is 3.33. The van der Waals surface area contributed by atoms with E-state index < -0.39 is 0 Å². The summed E-state index contributed by atoms with van der Waals surface area (Å²) in [6, 6.07) is 22.7. The molecule has 0 aliphatic heterocycles. The van der Waals surface area contributed by atoms with Crippen LogP contribution in [0.2, 0.25) is 0 Å². The highest BCUT2D eigenvalue weighted by atomic mass is 15.1. The number of unbranched alkanes of at least 4 members (excludes halogenated alkanes) is 7. The van der Waals surface area contributed by atoms with Crippen molar-refractivity contribution in [2.45, 2.75) is 103 Å². The zero-order valence-corrected chi connectivity index (χ0v) is 21.3. The smallest absolute Gasteiger partial charge is 0.237 e. The van der Waals surface area contributed by atoms with Crippen molar-refractivity contribution in [3.63, 3.8) is 0 Å². The van der Waals surface area contributed by atoms with Crippen LogP contribution in [0.15, 0.2) is 79.4 Å². The van der Waals surface area contributed by atoms with Crippen LogP contribution in [0.5, 0.6) is 0 Å². The van der Waals surface area contributed by atoms with E-state index in [2.05, 4.69) is 109 Å². The molecule has 2 nitrogen and oxygen atoms in total. The maximum absolute atomic E-state index is 2.50. The van der Waals surface area contributed by atoms with Crippen LogP contribution in [0.3, 0.4) is 0 Å². The maximum atomic E-state index is 2.50. The van der Waals surface area contributed by atoms with Crippen molar-refractivity contribution < 1.29 is 4.57 Å². The van der Waals surface area contributed by atoms with Crippen LogP contribution >= 0.6 is 0 Å². The summed E-state index contributed by atoms with van der Waals surface area (Å²) in [5.41, 5.74) is 2.88. The number of aryl methyl sites for hydroxylation is 1. The molecule has 0 bridgehead atoms. The van der Waals surface area contributed by atoms with Gasteiger partial charge in [0.15, 0.2) is 0 Å². The maximum Gasteiger partial charge on any atom is 0.243 e. The number of imidazole rings is 1. The molecule has 33 heavy (non-hydrogen) atoms. The number of hydrogen-bond acceptors (Lipinski definition) is 0. The first-order chi connectivity index (χ1) is 16.2. The summed E-state index contributed by atoms with van der Waals surface area (Å²) in [7, 11) is 0. The van der Waals surface area contributed by atoms with Gasteiger partial charge in [-0.05, 0) is 37.3 Å². The van der Waals surface area contributed by atoms with Gasteiger partial charge in [0.25, 0.3) is 0 Å².